The number of ether oxygens (including phenoxy) is 2. The van der Waals surface area contributed by atoms with Crippen LogP contribution >= 0.6 is 15.9 Å². The highest BCUT2D eigenvalue weighted by Crippen LogP contribution is 2.55. The van der Waals surface area contributed by atoms with Gasteiger partial charge in [-0.15, -0.1) is 0 Å². The smallest absolute Gasteiger partial charge is 0.212 e. The zero-order valence-electron chi connectivity index (χ0n) is 14.3. The van der Waals surface area contributed by atoms with E-state index in [1.807, 2.05) is 6.07 Å². The third-order valence-electron chi connectivity index (χ3n) is 5.35. The predicted molar refractivity (Wildman–Crippen MR) is 101 cm³/mol. The van der Waals surface area contributed by atoms with E-state index in [1.54, 1.807) is 7.11 Å². The van der Waals surface area contributed by atoms with Crippen LogP contribution in [-0.2, 0) is 5.41 Å². The number of methoxy groups -OCH3 is 1. The number of fused-ring (bicyclic) bond motifs is 2. The molecule has 0 amide bonds. The Kier molecular flexibility index (Phi) is 3.26. The molecule has 1 spiro atoms. The van der Waals surface area contributed by atoms with Gasteiger partial charge in [-0.05, 0) is 49.8 Å². The molecule has 2 aromatic carbocycles. The van der Waals surface area contributed by atoms with Crippen LogP contribution in [0, 0.1) is 0 Å². The number of likely N-dealkylation sites (N-methyl/N-ethyl adjacent to an activating group) is 1. The monoisotopic (exact) mass is 385 g/mol. The number of benzene rings is 2. The number of hydrogen-bond acceptors (Lipinski definition) is 3. The van der Waals surface area contributed by atoms with E-state index in [4.69, 9.17) is 9.47 Å². The highest BCUT2D eigenvalue weighted by Gasteiger charge is 2.57. The highest BCUT2D eigenvalue weighted by molar-refractivity contribution is 9.10. The molecule has 0 aromatic heterocycles. The van der Waals surface area contributed by atoms with Crippen LogP contribution in [0.4, 0.5) is 5.69 Å². The number of hydrogen-bond donors (Lipinski definition) is 0. The second kappa shape index (κ2) is 5.03. The Hall–Kier alpha value is -1.94. The van der Waals surface area contributed by atoms with Gasteiger partial charge in [0.15, 0.2) is 11.5 Å². The van der Waals surface area contributed by atoms with Gasteiger partial charge in [-0.1, -0.05) is 34.1 Å². The van der Waals surface area contributed by atoms with Gasteiger partial charge < -0.3 is 14.4 Å². The van der Waals surface area contributed by atoms with E-state index in [-0.39, 0.29) is 5.41 Å². The molecule has 2 aromatic rings. The van der Waals surface area contributed by atoms with E-state index >= 15 is 0 Å². The zero-order chi connectivity index (χ0) is 17.1. The maximum Gasteiger partial charge on any atom is 0.212 e. The van der Waals surface area contributed by atoms with Crippen molar-refractivity contribution in [1.82, 2.24) is 0 Å². The van der Waals surface area contributed by atoms with E-state index in [2.05, 4.69) is 84.2 Å². The van der Waals surface area contributed by atoms with Crippen LogP contribution in [0.1, 0.15) is 25.0 Å². The second-order valence-electron chi connectivity index (χ2n) is 6.86. The molecule has 24 heavy (non-hydrogen) atoms. The molecule has 2 aliphatic heterocycles. The molecule has 124 valence electrons. The summed E-state index contributed by atoms with van der Waals surface area (Å²) in [6.45, 7) is 4.46. The summed E-state index contributed by atoms with van der Waals surface area (Å²) in [5, 5.41) is 0. The second-order valence-corrected chi connectivity index (χ2v) is 7.78. The Balaban J connectivity index is 1.91. The van der Waals surface area contributed by atoms with Gasteiger partial charge in [-0.3, -0.25) is 0 Å². The molecule has 4 heteroatoms. The van der Waals surface area contributed by atoms with Crippen molar-refractivity contribution in [1.29, 1.82) is 0 Å². The summed E-state index contributed by atoms with van der Waals surface area (Å²) in [6, 6.07) is 12.5. The molecule has 3 nitrogen and oxygen atoms in total. The number of para-hydroxylation sites is 1. The molecular weight excluding hydrogens is 366 g/mol. The molecule has 0 fully saturated rings. The summed E-state index contributed by atoms with van der Waals surface area (Å²) < 4.78 is 13.2. The standard InChI is InChI=1S/C20H20BrNO2/c1-19(2)15-7-5-6-8-16(15)22(3)20(19)10-9-13-11-14(21)12-17(23-4)18(13)24-20/h5-12H,1-4H3. The van der Waals surface area contributed by atoms with Crippen LogP contribution in [0.2, 0.25) is 0 Å². The molecule has 1 atom stereocenters. The lowest BCUT2D eigenvalue weighted by Gasteiger charge is -2.46. The largest absolute Gasteiger partial charge is 0.493 e. The average Bonchev–Trinajstić information content (AvgIpc) is 2.74. The Morgan fingerprint density at radius 2 is 1.92 bits per heavy atom. The van der Waals surface area contributed by atoms with Gasteiger partial charge in [0.05, 0.1) is 12.5 Å². The van der Waals surface area contributed by atoms with Crippen molar-refractivity contribution in [2.75, 3.05) is 19.1 Å². The fourth-order valence-electron chi connectivity index (χ4n) is 3.97. The molecule has 2 heterocycles. The van der Waals surface area contributed by atoms with Crippen LogP contribution < -0.4 is 14.4 Å². The van der Waals surface area contributed by atoms with Gasteiger partial charge in [0, 0.05) is 22.8 Å². The lowest BCUT2D eigenvalue weighted by atomic mass is 9.76. The zero-order valence-corrected chi connectivity index (χ0v) is 15.8. The van der Waals surface area contributed by atoms with Crippen LogP contribution in [-0.4, -0.2) is 19.9 Å². The van der Waals surface area contributed by atoms with Gasteiger partial charge in [-0.2, -0.15) is 0 Å². The van der Waals surface area contributed by atoms with E-state index in [1.165, 1.54) is 11.3 Å². The first kappa shape index (κ1) is 15.6. The van der Waals surface area contributed by atoms with Crippen molar-refractivity contribution in [2.24, 2.45) is 0 Å². The minimum Gasteiger partial charge on any atom is -0.493 e. The normalized spacial score (nSPS) is 23.0. The summed E-state index contributed by atoms with van der Waals surface area (Å²) in [5.41, 5.74) is 2.73. The molecule has 0 bridgehead atoms. The first-order valence-corrected chi connectivity index (χ1v) is 8.79. The fourth-order valence-corrected chi connectivity index (χ4v) is 4.42. The van der Waals surface area contributed by atoms with Crippen molar-refractivity contribution in [3.05, 3.63) is 58.1 Å². The van der Waals surface area contributed by atoms with E-state index < -0.39 is 5.72 Å². The minimum absolute atomic E-state index is 0.204. The van der Waals surface area contributed by atoms with Gasteiger partial charge in [0.25, 0.3) is 0 Å². The summed E-state index contributed by atoms with van der Waals surface area (Å²) >= 11 is 3.53. The maximum atomic E-state index is 6.66. The molecular formula is C20H20BrNO2. The predicted octanol–water partition coefficient (Wildman–Crippen LogP) is 4.99. The first-order chi connectivity index (χ1) is 11.4. The summed E-state index contributed by atoms with van der Waals surface area (Å²) in [7, 11) is 3.77. The van der Waals surface area contributed by atoms with Crippen LogP contribution in [0.15, 0.2) is 46.9 Å². The molecule has 0 saturated heterocycles. The SMILES string of the molecule is COc1cc(Br)cc2c1OC1(C=C2)N(C)c2ccccc2C1(C)C. The van der Waals surface area contributed by atoms with Crippen molar-refractivity contribution < 1.29 is 9.47 Å². The summed E-state index contributed by atoms with van der Waals surface area (Å²) in [6.07, 6.45) is 4.30. The lowest BCUT2D eigenvalue weighted by Crippen LogP contribution is -2.58. The number of rotatable bonds is 1. The van der Waals surface area contributed by atoms with Gasteiger partial charge in [-0.25, -0.2) is 0 Å². The van der Waals surface area contributed by atoms with Gasteiger partial charge >= 0.3 is 0 Å². The number of nitrogens with zero attached hydrogens (tertiary/aromatic N) is 1. The number of anilines is 1. The molecule has 0 saturated carbocycles. The maximum absolute atomic E-state index is 6.66. The summed E-state index contributed by atoms with van der Waals surface area (Å²) in [5.74, 6) is 1.53. The average molecular weight is 386 g/mol. The Morgan fingerprint density at radius 1 is 1.17 bits per heavy atom. The van der Waals surface area contributed by atoms with Crippen molar-refractivity contribution >= 4 is 27.7 Å². The van der Waals surface area contributed by atoms with Crippen LogP contribution in [0.5, 0.6) is 11.5 Å². The Labute approximate surface area is 151 Å². The quantitative estimate of drug-likeness (QED) is 0.690. The molecule has 0 N–H and O–H groups in total. The van der Waals surface area contributed by atoms with Crippen molar-refractivity contribution in [2.45, 2.75) is 25.0 Å². The molecule has 1 unspecified atom stereocenters. The lowest BCUT2D eigenvalue weighted by molar-refractivity contribution is 0.0552. The number of halogens is 1. The topological polar surface area (TPSA) is 21.7 Å². The third-order valence-corrected chi connectivity index (χ3v) is 5.81. The third kappa shape index (κ3) is 1.83. The van der Waals surface area contributed by atoms with Crippen LogP contribution in [0.3, 0.4) is 0 Å². The summed E-state index contributed by atoms with van der Waals surface area (Å²) in [4.78, 5) is 2.23. The fraction of sp³-hybridized carbons (Fsp3) is 0.300. The molecule has 4 rings (SSSR count). The van der Waals surface area contributed by atoms with Crippen LogP contribution in [0.25, 0.3) is 6.08 Å². The highest BCUT2D eigenvalue weighted by atomic mass is 79.9. The molecule has 2 aliphatic rings. The van der Waals surface area contributed by atoms with E-state index in [0.717, 1.165) is 21.5 Å². The Morgan fingerprint density at radius 3 is 2.62 bits per heavy atom. The van der Waals surface area contributed by atoms with Crippen molar-refractivity contribution in [3.8, 4) is 11.5 Å². The molecule has 0 radical (unpaired) electrons. The van der Waals surface area contributed by atoms with Crippen molar-refractivity contribution in [3.63, 3.8) is 0 Å². The first-order valence-electron chi connectivity index (χ1n) is 8.00. The van der Waals surface area contributed by atoms with Gasteiger partial charge in [0.1, 0.15) is 0 Å². The van der Waals surface area contributed by atoms with E-state index in [0.29, 0.717) is 0 Å². The van der Waals surface area contributed by atoms with Gasteiger partial charge in [0.2, 0.25) is 5.72 Å². The van der Waals surface area contributed by atoms with E-state index in [9.17, 15) is 0 Å². The molecule has 0 aliphatic carbocycles. The minimum atomic E-state index is -0.579. The Bertz CT molecular complexity index is 859.